The Kier molecular flexibility index (Phi) is 4.26. The molecule has 0 bridgehead atoms. The minimum absolute atomic E-state index is 0.319. The minimum Gasteiger partial charge on any atom is -0.411 e. The summed E-state index contributed by atoms with van der Waals surface area (Å²) >= 11 is 0. The molecule has 0 saturated heterocycles. The van der Waals surface area contributed by atoms with Gasteiger partial charge in [-0.3, -0.25) is 0 Å². The van der Waals surface area contributed by atoms with Crippen molar-refractivity contribution < 1.29 is 14.3 Å². The zero-order valence-electron chi connectivity index (χ0n) is 10.5. The Hall–Kier alpha value is -2.20. The molecule has 0 fully saturated rings. The summed E-state index contributed by atoms with van der Waals surface area (Å²) in [4.78, 5) is 0. The largest absolute Gasteiger partial charge is 0.411 e. The maximum Gasteiger partial charge on any atom is 0.128 e. The fraction of sp³-hybridized carbons (Fsp3) is 0.133. The van der Waals surface area contributed by atoms with Crippen LogP contribution in [0.15, 0.2) is 59.8 Å². The minimum atomic E-state index is -0.548. The van der Waals surface area contributed by atoms with Crippen molar-refractivity contribution in [3.8, 4) is 0 Å². The van der Waals surface area contributed by atoms with Crippen LogP contribution in [0.1, 0.15) is 17.2 Å². The lowest BCUT2D eigenvalue weighted by molar-refractivity contribution is 0.153. The molecule has 3 nitrogen and oxygen atoms in total. The molecule has 0 aliphatic rings. The maximum absolute atomic E-state index is 12.9. The van der Waals surface area contributed by atoms with Gasteiger partial charge in [0.1, 0.15) is 17.6 Å². The van der Waals surface area contributed by atoms with Gasteiger partial charge in [0, 0.05) is 12.7 Å². The molecular weight excluding hydrogens is 245 g/mol. The Morgan fingerprint density at radius 3 is 2.26 bits per heavy atom. The Bertz CT molecular complexity index is 552. The van der Waals surface area contributed by atoms with Gasteiger partial charge in [-0.15, -0.1) is 0 Å². The number of oxime groups is 1. The molecule has 0 saturated carbocycles. The van der Waals surface area contributed by atoms with Crippen LogP contribution in [0.5, 0.6) is 0 Å². The average molecular weight is 259 g/mol. The van der Waals surface area contributed by atoms with Crippen LogP contribution in [0, 0.1) is 5.82 Å². The van der Waals surface area contributed by atoms with Crippen molar-refractivity contribution in [2.24, 2.45) is 5.16 Å². The molecule has 1 N–H and O–H groups in total. The van der Waals surface area contributed by atoms with Gasteiger partial charge in [0.15, 0.2) is 0 Å². The van der Waals surface area contributed by atoms with E-state index in [0.717, 1.165) is 11.1 Å². The van der Waals surface area contributed by atoms with Gasteiger partial charge in [-0.05, 0) is 17.7 Å². The molecule has 0 aromatic heterocycles. The number of rotatable bonds is 4. The molecule has 4 heteroatoms. The van der Waals surface area contributed by atoms with Crippen LogP contribution in [-0.2, 0) is 4.74 Å². The highest BCUT2D eigenvalue weighted by atomic mass is 19.1. The molecule has 0 radical (unpaired) electrons. The molecule has 19 heavy (non-hydrogen) atoms. The lowest BCUT2D eigenvalue weighted by Crippen LogP contribution is -2.16. The molecule has 1 atom stereocenters. The van der Waals surface area contributed by atoms with E-state index in [2.05, 4.69) is 5.16 Å². The Balaban J connectivity index is 2.38. The van der Waals surface area contributed by atoms with Crippen molar-refractivity contribution in [3.63, 3.8) is 0 Å². The van der Waals surface area contributed by atoms with Gasteiger partial charge in [-0.2, -0.15) is 0 Å². The van der Waals surface area contributed by atoms with E-state index < -0.39 is 6.10 Å². The fourth-order valence-electron chi connectivity index (χ4n) is 1.91. The standard InChI is InChI=1S/C15H14FNO2/c1-19-15(12-7-9-13(16)10-8-12)14(17-18)11-5-3-2-4-6-11/h2-10,15,18H,1H3. The zero-order chi connectivity index (χ0) is 13.7. The summed E-state index contributed by atoms with van der Waals surface area (Å²) < 4.78 is 18.3. The van der Waals surface area contributed by atoms with Gasteiger partial charge in [0.05, 0.1) is 0 Å². The van der Waals surface area contributed by atoms with Gasteiger partial charge < -0.3 is 9.94 Å². The van der Waals surface area contributed by atoms with Crippen LogP contribution in [0.4, 0.5) is 4.39 Å². The quantitative estimate of drug-likeness (QED) is 0.519. The molecule has 0 aliphatic carbocycles. The fourth-order valence-corrected chi connectivity index (χ4v) is 1.91. The monoisotopic (exact) mass is 259 g/mol. The van der Waals surface area contributed by atoms with Crippen LogP contribution >= 0.6 is 0 Å². The summed E-state index contributed by atoms with van der Waals surface area (Å²) in [6, 6.07) is 15.1. The summed E-state index contributed by atoms with van der Waals surface area (Å²) in [7, 11) is 1.52. The molecule has 0 amide bonds. The molecule has 2 aromatic rings. The highest BCUT2D eigenvalue weighted by molar-refractivity contribution is 6.03. The first-order valence-corrected chi connectivity index (χ1v) is 5.82. The summed E-state index contributed by atoms with van der Waals surface area (Å²) in [5.41, 5.74) is 1.86. The van der Waals surface area contributed by atoms with Gasteiger partial charge in [0.2, 0.25) is 0 Å². The van der Waals surface area contributed by atoms with E-state index in [1.807, 2.05) is 30.3 Å². The second kappa shape index (κ2) is 6.11. The first kappa shape index (κ1) is 13.2. The molecule has 0 heterocycles. The molecule has 98 valence electrons. The number of nitrogens with zero attached hydrogens (tertiary/aromatic N) is 1. The third kappa shape index (κ3) is 2.98. The van der Waals surface area contributed by atoms with E-state index in [1.54, 1.807) is 12.1 Å². The number of benzene rings is 2. The van der Waals surface area contributed by atoms with Gasteiger partial charge >= 0.3 is 0 Å². The number of hydrogen-bond acceptors (Lipinski definition) is 3. The first-order chi connectivity index (χ1) is 9.26. The van der Waals surface area contributed by atoms with Crippen LogP contribution in [0.2, 0.25) is 0 Å². The van der Waals surface area contributed by atoms with Crippen LogP contribution in [0.25, 0.3) is 0 Å². The van der Waals surface area contributed by atoms with E-state index in [9.17, 15) is 9.60 Å². The van der Waals surface area contributed by atoms with Crippen molar-refractivity contribution >= 4 is 5.71 Å². The summed E-state index contributed by atoms with van der Waals surface area (Å²) in [6.45, 7) is 0. The SMILES string of the molecule is COC(C(=NO)c1ccccc1)c1ccc(F)cc1. The lowest BCUT2D eigenvalue weighted by atomic mass is 9.99. The average Bonchev–Trinajstić information content (AvgIpc) is 2.47. The number of halogens is 1. The second-order valence-corrected chi connectivity index (χ2v) is 4.02. The lowest BCUT2D eigenvalue weighted by Gasteiger charge is -2.17. The number of ether oxygens (including phenoxy) is 1. The van der Waals surface area contributed by atoms with Crippen molar-refractivity contribution in [1.29, 1.82) is 0 Å². The van der Waals surface area contributed by atoms with Gasteiger partial charge in [0.25, 0.3) is 0 Å². The van der Waals surface area contributed by atoms with E-state index in [4.69, 9.17) is 4.74 Å². The first-order valence-electron chi connectivity index (χ1n) is 5.82. The van der Waals surface area contributed by atoms with Gasteiger partial charge in [-0.1, -0.05) is 47.6 Å². The van der Waals surface area contributed by atoms with Gasteiger partial charge in [-0.25, -0.2) is 4.39 Å². The van der Waals surface area contributed by atoms with Crippen LogP contribution in [0.3, 0.4) is 0 Å². The molecule has 0 spiro atoms. The predicted octanol–water partition coefficient (Wildman–Crippen LogP) is 3.39. The van der Waals surface area contributed by atoms with E-state index in [0.29, 0.717) is 5.71 Å². The molecular formula is C15H14FNO2. The zero-order valence-corrected chi connectivity index (χ0v) is 10.5. The Morgan fingerprint density at radius 1 is 1.11 bits per heavy atom. The Morgan fingerprint density at radius 2 is 1.74 bits per heavy atom. The highest BCUT2D eigenvalue weighted by Gasteiger charge is 2.20. The number of methoxy groups -OCH3 is 1. The third-order valence-electron chi connectivity index (χ3n) is 2.83. The molecule has 2 rings (SSSR count). The predicted molar refractivity (Wildman–Crippen MR) is 70.9 cm³/mol. The van der Waals surface area contributed by atoms with Crippen LogP contribution < -0.4 is 0 Å². The summed E-state index contributed by atoms with van der Waals surface area (Å²) in [6.07, 6.45) is -0.548. The van der Waals surface area contributed by atoms with Crippen molar-refractivity contribution in [2.75, 3.05) is 7.11 Å². The summed E-state index contributed by atoms with van der Waals surface area (Å²) in [5, 5.41) is 12.6. The summed E-state index contributed by atoms with van der Waals surface area (Å²) in [5.74, 6) is -0.319. The van der Waals surface area contributed by atoms with E-state index in [1.165, 1.54) is 19.2 Å². The van der Waals surface area contributed by atoms with Crippen LogP contribution in [-0.4, -0.2) is 18.0 Å². The third-order valence-corrected chi connectivity index (χ3v) is 2.83. The van der Waals surface area contributed by atoms with E-state index in [-0.39, 0.29) is 5.82 Å². The molecule has 2 aromatic carbocycles. The second-order valence-electron chi connectivity index (χ2n) is 4.02. The van der Waals surface area contributed by atoms with E-state index >= 15 is 0 Å². The molecule has 1 unspecified atom stereocenters. The smallest absolute Gasteiger partial charge is 0.128 e. The van der Waals surface area contributed by atoms with Crippen molar-refractivity contribution in [1.82, 2.24) is 0 Å². The maximum atomic E-state index is 12.9. The molecule has 0 aliphatic heterocycles. The topological polar surface area (TPSA) is 41.8 Å². The van der Waals surface area contributed by atoms with Crippen molar-refractivity contribution in [2.45, 2.75) is 6.10 Å². The normalized spacial score (nSPS) is 13.3. The number of hydrogen-bond donors (Lipinski definition) is 1. The highest BCUT2D eigenvalue weighted by Crippen LogP contribution is 2.22. The van der Waals surface area contributed by atoms with Crippen molar-refractivity contribution in [3.05, 3.63) is 71.5 Å². The Labute approximate surface area is 111 Å².